The van der Waals surface area contributed by atoms with Crippen molar-refractivity contribution in [3.05, 3.63) is 23.9 Å². The van der Waals surface area contributed by atoms with E-state index in [1.54, 1.807) is 13.0 Å². The quantitative estimate of drug-likeness (QED) is 0.417. The van der Waals surface area contributed by atoms with Crippen LogP contribution < -0.4 is 4.74 Å². The molecular formula is C10H11NO4. The van der Waals surface area contributed by atoms with Gasteiger partial charge in [0.1, 0.15) is 0 Å². The van der Waals surface area contributed by atoms with E-state index in [0.717, 1.165) is 0 Å². The van der Waals surface area contributed by atoms with Crippen LogP contribution in [0.5, 0.6) is 5.88 Å². The number of hydrogen-bond acceptors (Lipinski definition) is 5. The van der Waals surface area contributed by atoms with Crippen molar-refractivity contribution in [3.8, 4) is 5.88 Å². The Labute approximate surface area is 87.0 Å². The first-order valence-electron chi connectivity index (χ1n) is 4.41. The number of nitrogens with zero attached hydrogens (tertiary/aromatic N) is 1. The van der Waals surface area contributed by atoms with Crippen LogP contribution >= 0.6 is 0 Å². The summed E-state index contributed by atoms with van der Waals surface area (Å²) >= 11 is 0. The highest BCUT2D eigenvalue weighted by Gasteiger charge is 2.21. The van der Waals surface area contributed by atoms with E-state index < -0.39 is 11.8 Å². The van der Waals surface area contributed by atoms with Crippen LogP contribution in [-0.4, -0.2) is 30.5 Å². The number of pyridine rings is 1. The van der Waals surface area contributed by atoms with Gasteiger partial charge in [0.2, 0.25) is 5.88 Å². The zero-order chi connectivity index (χ0) is 11.3. The molecule has 0 radical (unpaired) electrons. The summed E-state index contributed by atoms with van der Waals surface area (Å²) in [4.78, 5) is 26.5. The third-order valence-corrected chi connectivity index (χ3v) is 1.67. The van der Waals surface area contributed by atoms with Crippen molar-refractivity contribution in [2.45, 2.75) is 6.92 Å². The van der Waals surface area contributed by atoms with Gasteiger partial charge in [-0.05, 0) is 19.1 Å². The van der Waals surface area contributed by atoms with Crippen LogP contribution in [0.4, 0.5) is 0 Å². The first-order valence-corrected chi connectivity index (χ1v) is 4.41. The number of ether oxygens (including phenoxy) is 2. The molecule has 0 atom stereocenters. The molecule has 1 aromatic rings. The molecule has 0 N–H and O–H groups in total. The highest BCUT2D eigenvalue weighted by atomic mass is 16.5. The summed E-state index contributed by atoms with van der Waals surface area (Å²) in [5.41, 5.74) is 0.110. The van der Waals surface area contributed by atoms with E-state index in [0.29, 0.717) is 0 Å². The van der Waals surface area contributed by atoms with Crippen molar-refractivity contribution >= 4 is 11.8 Å². The molecular weight excluding hydrogens is 198 g/mol. The predicted molar refractivity (Wildman–Crippen MR) is 51.8 cm³/mol. The van der Waals surface area contributed by atoms with Gasteiger partial charge in [0.05, 0.1) is 19.3 Å². The molecule has 0 saturated heterocycles. The molecule has 5 nitrogen and oxygen atoms in total. The third kappa shape index (κ3) is 2.52. The molecule has 5 heteroatoms. The summed E-state index contributed by atoms with van der Waals surface area (Å²) in [5.74, 6) is -1.53. The number of hydrogen-bond donors (Lipinski definition) is 0. The van der Waals surface area contributed by atoms with E-state index in [4.69, 9.17) is 4.74 Å². The van der Waals surface area contributed by atoms with Crippen molar-refractivity contribution in [2.24, 2.45) is 0 Å². The molecule has 0 aromatic carbocycles. The molecule has 0 bridgehead atoms. The predicted octanol–water partition coefficient (Wildman–Crippen LogP) is 0.836. The molecule has 1 rings (SSSR count). The van der Waals surface area contributed by atoms with Gasteiger partial charge in [0.25, 0.3) is 5.78 Å². The molecule has 0 unspecified atom stereocenters. The van der Waals surface area contributed by atoms with Crippen LogP contribution in [0.2, 0.25) is 0 Å². The molecule has 1 aromatic heterocycles. The van der Waals surface area contributed by atoms with Crippen molar-refractivity contribution in [3.63, 3.8) is 0 Å². The lowest BCUT2D eigenvalue weighted by molar-refractivity contribution is -0.137. The van der Waals surface area contributed by atoms with E-state index in [-0.39, 0.29) is 18.1 Å². The van der Waals surface area contributed by atoms with Crippen LogP contribution in [0, 0.1) is 0 Å². The normalized spacial score (nSPS) is 9.47. The Balaban J connectivity index is 2.95. The van der Waals surface area contributed by atoms with Gasteiger partial charge in [-0.25, -0.2) is 9.78 Å². The minimum atomic E-state index is -0.899. The van der Waals surface area contributed by atoms with Gasteiger partial charge in [-0.3, -0.25) is 4.79 Å². The molecule has 80 valence electrons. The fourth-order valence-corrected chi connectivity index (χ4v) is 1.03. The van der Waals surface area contributed by atoms with E-state index >= 15 is 0 Å². The number of aromatic nitrogens is 1. The average Bonchev–Trinajstić information content (AvgIpc) is 2.28. The number of rotatable bonds is 4. The van der Waals surface area contributed by atoms with Crippen LogP contribution in [-0.2, 0) is 9.53 Å². The van der Waals surface area contributed by atoms with E-state index in [1.165, 1.54) is 19.4 Å². The van der Waals surface area contributed by atoms with E-state index in [1.807, 2.05) is 0 Å². The highest BCUT2D eigenvalue weighted by molar-refractivity contribution is 6.41. The second-order valence-corrected chi connectivity index (χ2v) is 2.61. The maximum absolute atomic E-state index is 11.5. The Morgan fingerprint density at radius 2 is 2.20 bits per heavy atom. The summed E-state index contributed by atoms with van der Waals surface area (Å²) in [6.45, 7) is 1.79. The molecule has 0 aliphatic heterocycles. The number of carbonyl (C=O) groups is 2. The molecule has 0 spiro atoms. The molecule has 0 aliphatic carbocycles. The lowest BCUT2D eigenvalue weighted by atomic mass is 10.2. The molecule has 0 saturated carbocycles. The number of ketones is 1. The van der Waals surface area contributed by atoms with Gasteiger partial charge < -0.3 is 9.47 Å². The second-order valence-electron chi connectivity index (χ2n) is 2.61. The van der Waals surface area contributed by atoms with Crippen molar-refractivity contribution in [2.75, 3.05) is 13.7 Å². The standard InChI is InChI=1S/C10H11NO4/c1-3-15-10(13)8(12)7-5-4-6-11-9(7)14-2/h4-6H,3H2,1-2H3. The zero-order valence-electron chi connectivity index (χ0n) is 8.52. The fourth-order valence-electron chi connectivity index (χ4n) is 1.03. The SMILES string of the molecule is CCOC(=O)C(=O)c1cccnc1OC. The smallest absolute Gasteiger partial charge is 0.379 e. The topological polar surface area (TPSA) is 65.5 Å². The van der Waals surface area contributed by atoms with Gasteiger partial charge in [0, 0.05) is 6.20 Å². The van der Waals surface area contributed by atoms with Crippen LogP contribution in [0.1, 0.15) is 17.3 Å². The van der Waals surface area contributed by atoms with Crippen molar-refractivity contribution in [1.29, 1.82) is 0 Å². The van der Waals surface area contributed by atoms with Gasteiger partial charge in [-0.2, -0.15) is 0 Å². The second kappa shape index (κ2) is 5.09. The Morgan fingerprint density at radius 3 is 2.80 bits per heavy atom. The molecule has 0 aliphatic rings. The lowest BCUT2D eigenvalue weighted by Gasteiger charge is -2.04. The van der Waals surface area contributed by atoms with E-state index in [9.17, 15) is 9.59 Å². The van der Waals surface area contributed by atoms with Gasteiger partial charge in [-0.15, -0.1) is 0 Å². The maximum atomic E-state index is 11.5. The first kappa shape index (κ1) is 11.2. The minimum absolute atomic E-state index is 0.110. The number of esters is 1. The van der Waals surface area contributed by atoms with Gasteiger partial charge in [-0.1, -0.05) is 0 Å². The molecule has 1 heterocycles. The number of Topliss-reactive ketones (excluding diaryl/α,β-unsaturated/α-hetero) is 1. The lowest BCUT2D eigenvalue weighted by Crippen LogP contribution is -2.18. The summed E-state index contributed by atoms with van der Waals surface area (Å²) in [6, 6.07) is 3.01. The molecule has 0 fully saturated rings. The average molecular weight is 209 g/mol. The van der Waals surface area contributed by atoms with Gasteiger partial charge >= 0.3 is 5.97 Å². The third-order valence-electron chi connectivity index (χ3n) is 1.67. The Hall–Kier alpha value is -1.91. The Morgan fingerprint density at radius 1 is 1.47 bits per heavy atom. The minimum Gasteiger partial charge on any atom is -0.480 e. The van der Waals surface area contributed by atoms with Crippen LogP contribution in [0.3, 0.4) is 0 Å². The summed E-state index contributed by atoms with van der Waals surface area (Å²) in [6.07, 6.45) is 1.47. The first-order chi connectivity index (χ1) is 7.20. The van der Waals surface area contributed by atoms with Crippen molar-refractivity contribution in [1.82, 2.24) is 4.98 Å². The maximum Gasteiger partial charge on any atom is 0.379 e. The molecule has 0 amide bonds. The zero-order valence-corrected chi connectivity index (χ0v) is 8.52. The largest absolute Gasteiger partial charge is 0.480 e. The number of carbonyl (C=O) groups excluding carboxylic acids is 2. The van der Waals surface area contributed by atoms with E-state index in [2.05, 4.69) is 9.72 Å². The summed E-state index contributed by atoms with van der Waals surface area (Å²) in [5, 5.41) is 0. The monoisotopic (exact) mass is 209 g/mol. The summed E-state index contributed by atoms with van der Waals surface area (Å²) < 4.78 is 9.44. The van der Waals surface area contributed by atoms with Crippen molar-refractivity contribution < 1.29 is 19.1 Å². The Bertz CT molecular complexity index is 375. The summed E-state index contributed by atoms with van der Waals surface area (Å²) in [7, 11) is 1.38. The van der Waals surface area contributed by atoms with Crippen LogP contribution in [0.25, 0.3) is 0 Å². The fraction of sp³-hybridized carbons (Fsp3) is 0.300. The number of methoxy groups -OCH3 is 1. The highest BCUT2D eigenvalue weighted by Crippen LogP contribution is 2.14. The molecule has 15 heavy (non-hydrogen) atoms. The van der Waals surface area contributed by atoms with Gasteiger partial charge in [0.15, 0.2) is 0 Å². The Kier molecular flexibility index (Phi) is 3.79. The van der Waals surface area contributed by atoms with Crippen LogP contribution in [0.15, 0.2) is 18.3 Å².